The molecule has 0 N–H and O–H groups in total. The van der Waals surface area contributed by atoms with Gasteiger partial charge in [0.2, 0.25) is 0 Å². The molecule has 0 aliphatic heterocycles. The summed E-state index contributed by atoms with van der Waals surface area (Å²) in [6.45, 7) is 0. The predicted molar refractivity (Wildman–Crippen MR) is 296 cm³/mol. The molecule has 0 unspecified atom stereocenters. The Hall–Kier alpha value is -9.78. The van der Waals surface area contributed by atoms with Crippen LogP contribution < -0.4 is 0 Å². The van der Waals surface area contributed by atoms with Crippen molar-refractivity contribution in [1.82, 2.24) is 29.9 Å². The highest BCUT2D eigenvalue weighted by molar-refractivity contribution is 6.14. The lowest BCUT2D eigenvalue weighted by Crippen LogP contribution is -1.98. The fourth-order valence-corrected chi connectivity index (χ4v) is 10.5. The molecule has 4 aromatic heterocycles. The van der Waals surface area contributed by atoms with Gasteiger partial charge in [-0.3, -0.25) is 9.97 Å². The number of fused-ring (bicyclic) bond motifs is 8. The quantitative estimate of drug-likeness (QED) is 0.148. The maximum atomic E-state index is 5.34. The van der Waals surface area contributed by atoms with Crippen LogP contribution in [0.1, 0.15) is 0 Å². The van der Waals surface area contributed by atoms with E-state index >= 15 is 0 Å². The largest absolute Gasteiger partial charge is 0.256 e. The molecule has 6 heteroatoms. The van der Waals surface area contributed by atoms with Gasteiger partial charge in [-0.05, 0) is 90.6 Å². The maximum Gasteiger partial charge on any atom is 0.161 e. The zero-order valence-corrected chi connectivity index (χ0v) is 38.8. The van der Waals surface area contributed by atoms with Gasteiger partial charge in [0.05, 0.1) is 33.8 Å². The van der Waals surface area contributed by atoms with Crippen molar-refractivity contribution in [1.29, 1.82) is 0 Å². The first kappa shape index (κ1) is 41.2. The van der Waals surface area contributed by atoms with Crippen LogP contribution >= 0.6 is 0 Å². The summed E-state index contributed by atoms with van der Waals surface area (Å²) in [7, 11) is 0. The van der Waals surface area contributed by atoms with Crippen LogP contribution in [0.3, 0.4) is 0 Å². The second-order valence-electron chi connectivity index (χ2n) is 18.2. The van der Waals surface area contributed by atoms with Crippen molar-refractivity contribution in [2.75, 3.05) is 0 Å². The van der Waals surface area contributed by atoms with E-state index in [1.807, 2.05) is 24.5 Å². The molecule has 0 atom stereocenters. The number of rotatable bonds is 7. The molecule has 4 heterocycles. The molecule has 6 nitrogen and oxygen atoms in total. The van der Waals surface area contributed by atoms with Crippen LogP contribution in [0.15, 0.2) is 243 Å². The molecule has 0 aliphatic rings. The number of pyridine rings is 2. The van der Waals surface area contributed by atoms with Crippen LogP contribution in [0.2, 0.25) is 0 Å². The van der Waals surface area contributed by atoms with E-state index in [9.17, 15) is 0 Å². The maximum absolute atomic E-state index is 5.34. The van der Waals surface area contributed by atoms with E-state index in [4.69, 9.17) is 29.9 Å². The monoisotopic (exact) mass is 916 g/mol. The molecular formula is C66H40N6. The van der Waals surface area contributed by atoms with Gasteiger partial charge in [-0.1, -0.05) is 194 Å². The molecule has 0 saturated carbocycles. The lowest BCUT2D eigenvalue weighted by Gasteiger charge is -2.14. The third kappa shape index (κ3) is 7.12. The van der Waals surface area contributed by atoms with Crippen LogP contribution in [0.25, 0.3) is 144 Å². The molecule has 0 saturated heterocycles. The van der Waals surface area contributed by atoms with Crippen molar-refractivity contribution < 1.29 is 0 Å². The molecule has 72 heavy (non-hydrogen) atoms. The molecule has 0 radical (unpaired) electrons. The van der Waals surface area contributed by atoms with E-state index in [0.29, 0.717) is 11.6 Å². The summed E-state index contributed by atoms with van der Waals surface area (Å²) in [6, 6.07) is 80.8. The highest BCUT2D eigenvalue weighted by atomic mass is 14.9. The number of hydrogen-bond donors (Lipinski definition) is 0. The van der Waals surface area contributed by atoms with Crippen molar-refractivity contribution in [3.8, 4) is 78.9 Å². The minimum Gasteiger partial charge on any atom is -0.256 e. The van der Waals surface area contributed by atoms with Crippen LogP contribution in [-0.4, -0.2) is 29.9 Å². The van der Waals surface area contributed by atoms with Gasteiger partial charge in [0.1, 0.15) is 0 Å². The van der Waals surface area contributed by atoms with Gasteiger partial charge in [-0.15, -0.1) is 0 Å². The topological polar surface area (TPSA) is 77.3 Å². The summed E-state index contributed by atoms with van der Waals surface area (Å²) in [4.78, 5) is 31.0. The van der Waals surface area contributed by atoms with E-state index in [2.05, 4.69) is 218 Å². The molecule has 0 bridgehead atoms. The first-order chi connectivity index (χ1) is 35.7. The Balaban J connectivity index is 0.864. The summed E-state index contributed by atoms with van der Waals surface area (Å²) < 4.78 is 0. The fourth-order valence-electron chi connectivity index (χ4n) is 10.5. The SMILES string of the molecule is c1cnc2c(-c3cc(-c4ccc(-c5ccc(-c6cc(-c7cccc8cccnc78)nc(-c7cc8ccccc8c8ccccc78)n6)cc5)cc4)nc(-c4cc5ccccc5c5ccccc45)n3)cccc2c1. The normalized spacial score (nSPS) is 11.6. The molecule has 14 aromatic rings. The third-order valence-electron chi connectivity index (χ3n) is 14.0. The van der Waals surface area contributed by atoms with Crippen molar-refractivity contribution in [2.24, 2.45) is 0 Å². The minimum atomic E-state index is 0.665. The standard InChI is InChI=1S/C66H40N6/c1-3-19-49-47(13-1)37-57(53-23-7-5-21-51(49)53)65-69-59(39-61(71-65)55-25-9-15-45-17-11-35-67-63(45)55)43-31-27-41(28-32-43)42-29-33-44(34-30-42)60-40-62(56-26-10-16-46-18-12-36-68-64(46)56)72-66(70-60)58-38-48-14-2-4-20-50(48)52-22-6-8-24-54(52)58/h1-40H. The van der Waals surface area contributed by atoms with E-state index in [1.54, 1.807) is 0 Å². The van der Waals surface area contributed by atoms with Crippen molar-refractivity contribution in [2.45, 2.75) is 0 Å². The van der Waals surface area contributed by atoms with Gasteiger partial charge < -0.3 is 0 Å². The van der Waals surface area contributed by atoms with Crippen molar-refractivity contribution in [3.05, 3.63) is 243 Å². The lowest BCUT2D eigenvalue weighted by molar-refractivity contribution is 1.19. The van der Waals surface area contributed by atoms with Crippen molar-refractivity contribution in [3.63, 3.8) is 0 Å². The summed E-state index contributed by atoms with van der Waals surface area (Å²) in [5.74, 6) is 1.33. The molecule has 0 fully saturated rings. The molecular weight excluding hydrogens is 877 g/mol. The van der Waals surface area contributed by atoms with Gasteiger partial charge in [0.25, 0.3) is 0 Å². The average molecular weight is 917 g/mol. The minimum absolute atomic E-state index is 0.665. The Bertz CT molecular complexity index is 4150. The highest BCUT2D eigenvalue weighted by Crippen LogP contribution is 2.39. The summed E-state index contributed by atoms with van der Waals surface area (Å²) >= 11 is 0. The number of benzene rings is 10. The van der Waals surface area contributed by atoms with Gasteiger partial charge in [0.15, 0.2) is 11.6 Å². The number of nitrogens with zero attached hydrogens (tertiary/aromatic N) is 6. The molecule has 0 amide bonds. The smallest absolute Gasteiger partial charge is 0.161 e. The molecule has 334 valence electrons. The second-order valence-corrected chi connectivity index (χ2v) is 18.2. The highest BCUT2D eigenvalue weighted by Gasteiger charge is 2.19. The first-order valence-electron chi connectivity index (χ1n) is 24.2. The molecule has 0 spiro atoms. The molecule has 14 rings (SSSR count). The summed E-state index contributed by atoms with van der Waals surface area (Å²) in [6.07, 6.45) is 3.69. The number of aromatic nitrogens is 6. The van der Waals surface area contributed by atoms with Gasteiger partial charge in [-0.25, -0.2) is 19.9 Å². The second kappa shape index (κ2) is 17.0. The molecule has 10 aromatic carbocycles. The van der Waals surface area contributed by atoms with Gasteiger partial charge in [0, 0.05) is 56.5 Å². The van der Waals surface area contributed by atoms with E-state index in [0.717, 1.165) is 111 Å². The van der Waals surface area contributed by atoms with E-state index in [-0.39, 0.29) is 0 Å². The summed E-state index contributed by atoms with van der Waals surface area (Å²) in [5.41, 5.74) is 13.2. The van der Waals surface area contributed by atoms with Crippen molar-refractivity contribution >= 4 is 64.9 Å². The van der Waals surface area contributed by atoms with Gasteiger partial charge in [-0.2, -0.15) is 0 Å². The Morgan fingerprint density at radius 2 is 0.569 bits per heavy atom. The van der Waals surface area contributed by atoms with Gasteiger partial charge >= 0.3 is 0 Å². The summed E-state index contributed by atoms with van der Waals surface area (Å²) in [5, 5.41) is 11.4. The Morgan fingerprint density at radius 1 is 0.222 bits per heavy atom. The van der Waals surface area contributed by atoms with E-state index < -0.39 is 0 Å². The van der Waals surface area contributed by atoms with Crippen LogP contribution in [-0.2, 0) is 0 Å². The Morgan fingerprint density at radius 3 is 1.01 bits per heavy atom. The fraction of sp³-hybridized carbons (Fsp3) is 0. The lowest BCUT2D eigenvalue weighted by atomic mass is 9.96. The van der Waals surface area contributed by atoms with Crippen LogP contribution in [0.5, 0.6) is 0 Å². The Kier molecular flexibility index (Phi) is 9.74. The van der Waals surface area contributed by atoms with Crippen LogP contribution in [0.4, 0.5) is 0 Å². The van der Waals surface area contributed by atoms with Crippen LogP contribution in [0, 0.1) is 0 Å². The number of hydrogen-bond acceptors (Lipinski definition) is 6. The van der Waals surface area contributed by atoms with E-state index in [1.165, 1.54) is 21.5 Å². The predicted octanol–water partition coefficient (Wildman–Crippen LogP) is 16.6. The average Bonchev–Trinajstić information content (AvgIpc) is 3.46. The first-order valence-corrected chi connectivity index (χ1v) is 24.2. The number of para-hydroxylation sites is 2. The zero-order chi connectivity index (χ0) is 47.5. The molecule has 0 aliphatic carbocycles. The zero-order valence-electron chi connectivity index (χ0n) is 38.8. The third-order valence-corrected chi connectivity index (χ3v) is 14.0. The Labute approximate surface area is 414 Å².